The molecule has 2 rings (SSSR count). The SMILES string of the molecule is CCn1nccc1C(O)C1(N(C)C)CCCCCC1. The van der Waals surface area contributed by atoms with E-state index < -0.39 is 6.10 Å². The molecular weight excluding hydrogens is 238 g/mol. The zero-order valence-electron chi connectivity index (χ0n) is 12.5. The van der Waals surface area contributed by atoms with Crippen molar-refractivity contribution in [3.05, 3.63) is 18.0 Å². The molecule has 1 aromatic rings. The first-order valence-electron chi connectivity index (χ1n) is 7.49. The summed E-state index contributed by atoms with van der Waals surface area (Å²) in [4.78, 5) is 2.23. The van der Waals surface area contributed by atoms with Crippen LogP contribution in [0.15, 0.2) is 12.3 Å². The van der Waals surface area contributed by atoms with Crippen LogP contribution in [0.1, 0.15) is 57.2 Å². The molecule has 0 aliphatic heterocycles. The third-order valence-electron chi connectivity index (χ3n) is 4.70. The van der Waals surface area contributed by atoms with E-state index in [-0.39, 0.29) is 5.54 Å². The lowest BCUT2D eigenvalue weighted by atomic mass is 9.81. The van der Waals surface area contributed by atoms with Gasteiger partial charge in [-0.3, -0.25) is 4.68 Å². The fourth-order valence-corrected chi connectivity index (χ4v) is 3.42. The molecular formula is C15H27N3O. The van der Waals surface area contributed by atoms with Crippen molar-refractivity contribution in [3.63, 3.8) is 0 Å². The summed E-state index contributed by atoms with van der Waals surface area (Å²) in [5, 5.41) is 15.3. The Morgan fingerprint density at radius 1 is 1.32 bits per heavy atom. The number of hydrogen-bond acceptors (Lipinski definition) is 3. The highest BCUT2D eigenvalue weighted by atomic mass is 16.3. The van der Waals surface area contributed by atoms with Gasteiger partial charge in [-0.1, -0.05) is 25.7 Å². The number of aliphatic hydroxyl groups is 1. The van der Waals surface area contributed by atoms with Crippen molar-refractivity contribution >= 4 is 0 Å². The molecule has 4 nitrogen and oxygen atoms in total. The lowest BCUT2D eigenvalue weighted by molar-refractivity contribution is -0.0245. The third kappa shape index (κ3) is 2.70. The van der Waals surface area contributed by atoms with Crippen LogP contribution in [0.5, 0.6) is 0 Å². The topological polar surface area (TPSA) is 41.3 Å². The molecule has 0 radical (unpaired) electrons. The van der Waals surface area contributed by atoms with E-state index in [4.69, 9.17) is 0 Å². The van der Waals surface area contributed by atoms with Crippen molar-refractivity contribution in [1.82, 2.24) is 14.7 Å². The highest BCUT2D eigenvalue weighted by Gasteiger charge is 2.42. The molecule has 1 aliphatic carbocycles. The zero-order chi connectivity index (χ0) is 13.9. The van der Waals surface area contributed by atoms with Crippen LogP contribution >= 0.6 is 0 Å². The molecule has 0 bridgehead atoms. The molecule has 0 saturated heterocycles. The number of aromatic nitrogens is 2. The Labute approximate surface area is 116 Å². The average molecular weight is 265 g/mol. The summed E-state index contributed by atoms with van der Waals surface area (Å²) >= 11 is 0. The first-order chi connectivity index (χ1) is 9.12. The van der Waals surface area contributed by atoms with Crippen LogP contribution in [0.4, 0.5) is 0 Å². The summed E-state index contributed by atoms with van der Waals surface area (Å²) in [6.45, 7) is 2.88. The van der Waals surface area contributed by atoms with Gasteiger partial charge < -0.3 is 10.0 Å². The summed E-state index contributed by atoms with van der Waals surface area (Å²) in [5.41, 5.74) is 0.821. The Morgan fingerprint density at radius 2 is 1.95 bits per heavy atom. The van der Waals surface area contributed by atoms with E-state index >= 15 is 0 Å². The molecule has 0 aromatic carbocycles. The molecule has 1 aliphatic rings. The monoisotopic (exact) mass is 265 g/mol. The molecule has 1 aromatic heterocycles. The Balaban J connectivity index is 2.32. The second-order valence-electron chi connectivity index (χ2n) is 5.89. The number of aliphatic hydroxyl groups excluding tert-OH is 1. The highest BCUT2D eigenvalue weighted by molar-refractivity contribution is 5.13. The maximum Gasteiger partial charge on any atom is 0.114 e. The van der Waals surface area contributed by atoms with Crippen LogP contribution in [0.3, 0.4) is 0 Å². The second-order valence-corrected chi connectivity index (χ2v) is 5.89. The minimum Gasteiger partial charge on any atom is -0.385 e. The predicted molar refractivity (Wildman–Crippen MR) is 77.0 cm³/mol. The van der Waals surface area contributed by atoms with Gasteiger partial charge in [-0.25, -0.2) is 0 Å². The van der Waals surface area contributed by atoms with Gasteiger partial charge in [-0.05, 0) is 39.9 Å². The van der Waals surface area contributed by atoms with E-state index in [0.717, 1.165) is 25.1 Å². The molecule has 0 amide bonds. The fourth-order valence-electron chi connectivity index (χ4n) is 3.42. The standard InChI is InChI=1S/C15H27N3O/c1-4-18-13(9-12-16-18)14(19)15(17(2)3)10-7-5-6-8-11-15/h9,12,14,19H,4-8,10-11H2,1-3H3. The minimum atomic E-state index is -0.456. The van der Waals surface area contributed by atoms with E-state index in [0.29, 0.717) is 0 Å². The van der Waals surface area contributed by atoms with Crippen LogP contribution < -0.4 is 0 Å². The molecule has 1 heterocycles. The van der Waals surface area contributed by atoms with E-state index in [2.05, 4.69) is 31.0 Å². The summed E-state index contributed by atoms with van der Waals surface area (Å²) in [5.74, 6) is 0. The van der Waals surface area contributed by atoms with Gasteiger partial charge in [0.15, 0.2) is 0 Å². The van der Waals surface area contributed by atoms with Crippen LogP contribution in [-0.4, -0.2) is 39.4 Å². The Kier molecular flexibility index (Phi) is 4.63. The molecule has 1 unspecified atom stereocenters. The number of hydrogen-bond donors (Lipinski definition) is 1. The quantitative estimate of drug-likeness (QED) is 0.851. The van der Waals surface area contributed by atoms with Crippen molar-refractivity contribution in [2.45, 2.75) is 63.6 Å². The van der Waals surface area contributed by atoms with Crippen molar-refractivity contribution < 1.29 is 5.11 Å². The molecule has 1 fully saturated rings. The minimum absolute atomic E-state index is 0.135. The Morgan fingerprint density at radius 3 is 2.47 bits per heavy atom. The first-order valence-corrected chi connectivity index (χ1v) is 7.49. The first kappa shape index (κ1) is 14.5. The summed E-state index contributed by atoms with van der Waals surface area (Å²) < 4.78 is 1.92. The average Bonchev–Trinajstić information content (AvgIpc) is 2.73. The molecule has 1 atom stereocenters. The van der Waals surface area contributed by atoms with Gasteiger partial charge in [-0.2, -0.15) is 5.10 Å². The van der Waals surface area contributed by atoms with E-state index in [1.165, 1.54) is 25.7 Å². The second kappa shape index (κ2) is 6.06. The van der Waals surface area contributed by atoms with Crippen molar-refractivity contribution in [2.24, 2.45) is 0 Å². The van der Waals surface area contributed by atoms with E-state index in [1.807, 2.05) is 10.7 Å². The van der Waals surface area contributed by atoms with Crippen molar-refractivity contribution in [2.75, 3.05) is 14.1 Å². The molecule has 1 saturated carbocycles. The van der Waals surface area contributed by atoms with E-state index in [1.54, 1.807) is 6.20 Å². The molecule has 19 heavy (non-hydrogen) atoms. The number of likely N-dealkylation sites (N-methyl/N-ethyl adjacent to an activating group) is 1. The number of nitrogens with zero attached hydrogens (tertiary/aromatic N) is 3. The van der Waals surface area contributed by atoms with Crippen LogP contribution in [-0.2, 0) is 6.54 Å². The van der Waals surface area contributed by atoms with Gasteiger partial charge in [0, 0.05) is 12.7 Å². The maximum atomic E-state index is 11.0. The van der Waals surface area contributed by atoms with Crippen molar-refractivity contribution in [1.29, 1.82) is 0 Å². The Hall–Kier alpha value is -0.870. The van der Waals surface area contributed by atoms with Crippen LogP contribution in [0, 0.1) is 0 Å². The third-order valence-corrected chi connectivity index (χ3v) is 4.70. The van der Waals surface area contributed by atoms with Gasteiger partial charge in [0.1, 0.15) is 6.10 Å². The van der Waals surface area contributed by atoms with Gasteiger partial charge in [0.2, 0.25) is 0 Å². The predicted octanol–water partition coefficient (Wildman–Crippen LogP) is 2.59. The van der Waals surface area contributed by atoms with Gasteiger partial charge in [0.25, 0.3) is 0 Å². The van der Waals surface area contributed by atoms with Crippen LogP contribution in [0.2, 0.25) is 0 Å². The lowest BCUT2D eigenvalue weighted by Gasteiger charge is -2.43. The van der Waals surface area contributed by atoms with Gasteiger partial charge in [0.05, 0.1) is 11.2 Å². The molecule has 4 heteroatoms. The summed E-state index contributed by atoms with van der Waals surface area (Å²) in [6, 6.07) is 1.96. The lowest BCUT2D eigenvalue weighted by Crippen LogP contribution is -2.49. The maximum absolute atomic E-state index is 11.0. The van der Waals surface area contributed by atoms with Gasteiger partial charge >= 0.3 is 0 Å². The number of rotatable bonds is 4. The largest absolute Gasteiger partial charge is 0.385 e. The number of aryl methyl sites for hydroxylation is 1. The Bertz CT molecular complexity index is 392. The van der Waals surface area contributed by atoms with Gasteiger partial charge in [-0.15, -0.1) is 0 Å². The molecule has 108 valence electrons. The smallest absolute Gasteiger partial charge is 0.114 e. The summed E-state index contributed by atoms with van der Waals surface area (Å²) in [7, 11) is 4.20. The molecule has 1 N–H and O–H groups in total. The highest BCUT2D eigenvalue weighted by Crippen LogP contribution is 2.40. The van der Waals surface area contributed by atoms with Crippen molar-refractivity contribution in [3.8, 4) is 0 Å². The van der Waals surface area contributed by atoms with Crippen LogP contribution in [0.25, 0.3) is 0 Å². The zero-order valence-corrected chi connectivity index (χ0v) is 12.5. The van der Waals surface area contributed by atoms with E-state index in [9.17, 15) is 5.11 Å². The summed E-state index contributed by atoms with van der Waals surface area (Å²) in [6.07, 6.45) is 8.45. The normalized spacial score (nSPS) is 21.3. The molecule has 0 spiro atoms. The fraction of sp³-hybridized carbons (Fsp3) is 0.800.